The van der Waals surface area contributed by atoms with Gasteiger partial charge in [0.15, 0.2) is 0 Å². The number of aromatic hydroxyl groups is 2. The smallest absolute Gasteiger partial charge is 0.119 e. The molecular formula is C18H20O2. The predicted molar refractivity (Wildman–Crippen MR) is 84.3 cm³/mol. The Balaban J connectivity index is 2.73. The van der Waals surface area contributed by atoms with Crippen LogP contribution >= 0.6 is 0 Å². The van der Waals surface area contributed by atoms with E-state index in [9.17, 15) is 10.2 Å². The standard InChI is InChI=1S/C18H20O2/c1-11(2)9-15-13-5-8-18(20)16(10-12(3)4)14(13)6-7-17(15)19/h5-8,19-20H,1,3,9-10H2,2,4H3. The van der Waals surface area contributed by atoms with Gasteiger partial charge in [-0.1, -0.05) is 36.4 Å². The molecule has 0 spiro atoms. The SMILES string of the molecule is C=C(C)Cc1c(O)ccc2c(CC(=C)C)c(O)ccc12. The fourth-order valence-corrected chi connectivity index (χ4v) is 2.48. The second-order valence-electron chi connectivity index (χ2n) is 5.49. The summed E-state index contributed by atoms with van der Waals surface area (Å²) in [7, 11) is 0. The summed E-state index contributed by atoms with van der Waals surface area (Å²) >= 11 is 0. The van der Waals surface area contributed by atoms with Crippen molar-refractivity contribution in [3.05, 3.63) is 59.7 Å². The zero-order valence-corrected chi connectivity index (χ0v) is 12.0. The second-order valence-corrected chi connectivity index (χ2v) is 5.49. The molecule has 0 aliphatic carbocycles. The van der Waals surface area contributed by atoms with Crippen LogP contribution in [0.4, 0.5) is 0 Å². The van der Waals surface area contributed by atoms with Gasteiger partial charge in [-0.2, -0.15) is 0 Å². The Bertz CT molecular complexity index is 635. The Morgan fingerprint density at radius 3 is 1.45 bits per heavy atom. The van der Waals surface area contributed by atoms with Gasteiger partial charge in [-0.25, -0.2) is 0 Å². The third kappa shape index (κ3) is 2.69. The molecule has 0 aliphatic rings. The average Bonchev–Trinajstić information content (AvgIpc) is 2.35. The lowest BCUT2D eigenvalue weighted by atomic mass is 9.93. The lowest BCUT2D eigenvalue weighted by molar-refractivity contribution is 0.468. The number of phenolic OH excluding ortho intramolecular Hbond substituents is 2. The van der Waals surface area contributed by atoms with Crippen molar-refractivity contribution in [1.29, 1.82) is 0 Å². The van der Waals surface area contributed by atoms with Crippen molar-refractivity contribution < 1.29 is 10.2 Å². The topological polar surface area (TPSA) is 40.5 Å². The fraction of sp³-hybridized carbons (Fsp3) is 0.222. The van der Waals surface area contributed by atoms with Crippen LogP contribution in [0.3, 0.4) is 0 Å². The van der Waals surface area contributed by atoms with Crippen LogP contribution < -0.4 is 0 Å². The summed E-state index contributed by atoms with van der Waals surface area (Å²) in [4.78, 5) is 0. The molecule has 20 heavy (non-hydrogen) atoms. The molecule has 0 fully saturated rings. The summed E-state index contributed by atoms with van der Waals surface area (Å²) in [6, 6.07) is 7.07. The Hall–Kier alpha value is -2.22. The molecule has 104 valence electrons. The van der Waals surface area contributed by atoms with Crippen LogP contribution in [-0.2, 0) is 12.8 Å². The number of benzene rings is 2. The third-order valence-corrected chi connectivity index (χ3v) is 3.33. The largest absolute Gasteiger partial charge is 0.508 e. The minimum atomic E-state index is 0.271. The number of rotatable bonds is 4. The fourth-order valence-electron chi connectivity index (χ4n) is 2.48. The van der Waals surface area contributed by atoms with Crippen LogP contribution in [0, 0.1) is 0 Å². The molecule has 2 aromatic rings. The Kier molecular flexibility index (Phi) is 3.84. The summed E-state index contributed by atoms with van der Waals surface area (Å²) in [6.07, 6.45) is 1.25. The molecule has 0 aliphatic heterocycles. The van der Waals surface area contributed by atoms with E-state index in [0.717, 1.165) is 33.0 Å². The van der Waals surface area contributed by atoms with Gasteiger partial charge >= 0.3 is 0 Å². The van der Waals surface area contributed by atoms with Crippen molar-refractivity contribution in [3.8, 4) is 11.5 Å². The lowest BCUT2D eigenvalue weighted by Gasteiger charge is -2.14. The van der Waals surface area contributed by atoms with Gasteiger partial charge in [0.2, 0.25) is 0 Å². The van der Waals surface area contributed by atoms with Gasteiger partial charge in [0, 0.05) is 11.1 Å². The zero-order valence-electron chi connectivity index (χ0n) is 12.0. The predicted octanol–water partition coefficient (Wildman–Crippen LogP) is 4.49. The van der Waals surface area contributed by atoms with Crippen molar-refractivity contribution in [2.45, 2.75) is 26.7 Å². The maximum absolute atomic E-state index is 10.1. The van der Waals surface area contributed by atoms with E-state index in [-0.39, 0.29) is 11.5 Å². The summed E-state index contributed by atoms with van der Waals surface area (Å²) < 4.78 is 0. The Labute approximate surface area is 119 Å². The molecule has 0 atom stereocenters. The minimum absolute atomic E-state index is 0.271. The van der Waals surface area contributed by atoms with Crippen LogP contribution in [0.1, 0.15) is 25.0 Å². The maximum atomic E-state index is 10.1. The molecule has 0 heterocycles. The molecule has 0 bridgehead atoms. The second kappa shape index (κ2) is 5.41. The molecule has 2 rings (SSSR count). The normalized spacial score (nSPS) is 10.7. The Morgan fingerprint density at radius 1 is 0.800 bits per heavy atom. The van der Waals surface area contributed by atoms with Crippen LogP contribution in [0.25, 0.3) is 10.8 Å². The van der Waals surface area contributed by atoms with Crippen LogP contribution in [0.2, 0.25) is 0 Å². The molecule has 2 aromatic carbocycles. The molecule has 0 radical (unpaired) electrons. The lowest BCUT2D eigenvalue weighted by Crippen LogP contribution is -1.94. The molecule has 2 N–H and O–H groups in total. The van der Waals surface area contributed by atoms with Crippen molar-refractivity contribution in [2.75, 3.05) is 0 Å². The van der Waals surface area contributed by atoms with E-state index in [1.165, 1.54) is 0 Å². The van der Waals surface area contributed by atoms with Crippen LogP contribution in [-0.4, -0.2) is 10.2 Å². The van der Waals surface area contributed by atoms with Crippen molar-refractivity contribution in [3.63, 3.8) is 0 Å². The molecule has 0 unspecified atom stereocenters. The number of fused-ring (bicyclic) bond motifs is 1. The minimum Gasteiger partial charge on any atom is -0.508 e. The molecule has 0 saturated heterocycles. The summed E-state index contributed by atoms with van der Waals surface area (Å²) in [5, 5.41) is 22.1. The molecule has 0 amide bonds. The molecule has 2 nitrogen and oxygen atoms in total. The van der Waals surface area contributed by atoms with Gasteiger partial charge in [-0.05, 0) is 49.6 Å². The first kappa shape index (κ1) is 14.2. The average molecular weight is 268 g/mol. The molecular weight excluding hydrogens is 248 g/mol. The summed E-state index contributed by atoms with van der Waals surface area (Å²) in [5.41, 5.74) is 3.69. The molecule has 0 aromatic heterocycles. The first-order chi connectivity index (χ1) is 9.40. The van der Waals surface area contributed by atoms with Crippen LogP contribution in [0.5, 0.6) is 11.5 Å². The number of hydrogen-bond donors (Lipinski definition) is 2. The maximum Gasteiger partial charge on any atom is 0.119 e. The third-order valence-electron chi connectivity index (χ3n) is 3.33. The van der Waals surface area contributed by atoms with E-state index >= 15 is 0 Å². The highest BCUT2D eigenvalue weighted by Crippen LogP contribution is 2.35. The first-order valence-electron chi connectivity index (χ1n) is 6.64. The van der Waals surface area contributed by atoms with Crippen LogP contribution in [0.15, 0.2) is 48.6 Å². The zero-order chi connectivity index (χ0) is 14.9. The quantitative estimate of drug-likeness (QED) is 0.802. The number of phenols is 2. The highest BCUT2D eigenvalue weighted by Gasteiger charge is 2.13. The molecule has 0 saturated carbocycles. The summed E-state index contributed by atoms with van der Waals surface area (Å²) in [5.74, 6) is 0.542. The highest BCUT2D eigenvalue weighted by molar-refractivity contribution is 5.92. The van der Waals surface area contributed by atoms with Crippen molar-refractivity contribution in [2.24, 2.45) is 0 Å². The van der Waals surface area contributed by atoms with Gasteiger partial charge in [-0.3, -0.25) is 0 Å². The van der Waals surface area contributed by atoms with E-state index in [2.05, 4.69) is 13.2 Å². The van der Waals surface area contributed by atoms with E-state index in [4.69, 9.17) is 0 Å². The highest BCUT2D eigenvalue weighted by atomic mass is 16.3. The van der Waals surface area contributed by atoms with E-state index in [0.29, 0.717) is 12.8 Å². The van der Waals surface area contributed by atoms with Gasteiger partial charge in [0.1, 0.15) is 11.5 Å². The molecule has 2 heteroatoms. The first-order valence-corrected chi connectivity index (χ1v) is 6.64. The van der Waals surface area contributed by atoms with Gasteiger partial charge in [0.05, 0.1) is 0 Å². The number of allylic oxidation sites excluding steroid dienone is 2. The summed E-state index contributed by atoms with van der Waals surface area (Å²) in [6.45, 7) is 11.7. The van der Waals surface area contributed by atoms with Gasteiger partial charge in [0.25, 0.3) is 0 Å². The monoisotopic (exact) mass is 268 g/mol. The Morgan fingerprint density at radius 2 is 1.15 bits per heavy atom. The van der Waals surface area contributed by atoms with E-state index in [1.54, 1.807) is 12.1 Å². The van der Waals surface area contributed by atoms with E-state index in [1.807, 2.05) is 26.0 Å². The van der Waals surface area contributed by atoms with E-state index < -0.39 is 0 Å². The van der Waals surface area contributed by atoms with Gasteiger partial charge < -0.3 is 10.2 Å². The number of hydrogen-bond acceptors (Lipinski definition) is 2. The van der Waals surface area contributed by atoms with Gasteiger partial charge in [-0.15, -0.1) is 0 Å². The van der Waals surface area contributed by atoms with Crippen molar-refractivity contribution >= 4 is 10.8 Å². The van der Waals surface area contributed by atoms with Crippen molar-refractivity contribution in [1.82, 2.24) is 0 Å².